The largest absolute Gasteiger partial charge is 0.489 e. The van der Waals surface area contributed by atoms with Gasteiger partial charge in [0.25, 0.3) is 11.8 Å². The lowest BCUT2D eigenvalue weighted by Crippen LogP contribution is -2.43. The van der Waals surface area contributed by atoms with Crippen LogP contribution >= 0.6 is 0 Å². The first-order chi connectivity index (χ1) is 14.1. The van der Waals surface area contributed by atoms with Crippen molar-refractivity contribution < 1.29 is 19.1 Å². The van der Waals surface area contributed by atoms with Crippen molar-refractivity contribution in [3.8, 4) is 11.5 Å². The van der Waals surface area contributed by atoms with Crippen LogP contribution in [0.3, 0.4) is 0 Å². The Labute approximate surface area is 169 Å². The van der Waals surface area contributed by atoms with Gasteiger partial charge in [-0.1, -0.05) is 48.0 Å². The average molecular weight is 390 g/mol. The molecule has 0 unspecified atom stereocenters. The zero-order valence-electron chi connectivity index (χ0n) is 16.1. The summed E-state index contributed by atoms with van der Waals surface area (Å²) in [7, 11) is 0. The molecule has 0 saturated carbocycles. The van der Waals surface area contributed by atoms with E-state index in [1.807, 2.05) is 43.3 Å². The summed E-state index contributed by atoms with van der Waals surface area (Å²) in [5.74, 6) is 0.380. The van der Waals surface area contributed by atoms with Gasteiger partial charge in [0.05, 0.1) is 0 Å². The van der Waals surface area contributed by atoms with Gasteiger partial charge in [0, 0.05) is 5.56 Å². The van der Waals surface area contributed by atoms with Gasteiger partial charge in [-0.15, -0.1) is 0 Å². The van der Waals surface area contributed by atoms with Crippen LogP contribution in [0, 0.1) is 6.92 Å². The van der Waals surface area contributed by atoms with Crippen LogP contribution < -0.4 is 20.3 Å². The monoisotopic (exact) mass is 390 g/mol. The molecular formula is C23H22N2O4. The maximum Gasteiger partial charge on any atom is 0.276 e. The van der Waals surface area contributed by atoms with E-state index in [1.165, 1.54) is 0 Å². The number of hydrogen-bond donors (Lipinski definition) is 2. The minimum atomic E-state index is -0.463. The normalized spacial score (nSPS) is 10.1. The zero-order chi connectivity index (χ0) is 20.5. The van der Waals surface area contributed by atoms with E-state index in [0.29, 0.717) is 23.7 Å². The maximum absolute atomic E-state index is 12.0. The van der Waals surface area contributed by atoms with E-state index < -0.39 is 5.91 Å². The number of hydrazine groups is 1. The van der Waals surface area contributed by atoms with E-state index in [1.54, 1.807) is 42.5 Å². The first-order valence-corrected chi connectivity index (χ1v) is 9.15. The second-order valence-corrected chi connectivity index (χ2v) is 6.41. The predicted molar refractivity (Wildman–Crippen MR) is 109 cm³/mol. The van der Waals surface area contributed by atoms with E-state index in [4.69, 9.17) is 9.47 Å². The number of amides is 2. The van der Waals surface area contributed by atoms with Crippen LogP contribution in [0.4, 0.5) is 0 Å². The molecule has 3 aromatic carbocycles. The second-order valence-electron chi connectivity index (χ2n) is 6.41. The zero-order valence-corrected chi connectivity index (χ0v) is 16.1. The molecule has 0 aliphatic heterocycles. The van der Waals surface area contributed by atoms with Crippen molar-refractivity contribution >= 4 is 11.8 Å². The van der Waals surface area contributed by atoms with Crippen molar-refractivity contribution in [1.82, 2.24) is 10.9 Å². The van der Waals surface area contributed by atoms with Crippen LogP contribution in [0.2, 0.25) is 0 Å². The summed E-state index contributed by atoms with van der Waals surface area (Å²) in [4.78, 5) is 23.9. The van der Waals surface area contributed by atoms with Crippen molar-refractivity contribution in [2.45, 2.75) is 13.5 Å². The molecule has 148 valence electrons. The number of carbonyl (C=O) groups excluding carboxylic acids is 2. The third kappa shape index (κ3) is 6.39. The van der Waals surface area contributed by atoms with E-state index >= 15 is 0 Å². The van der Waals surface area contributed by atoms with Crippen molar-refractivity contribution in [2.24, 2.45) is 0 Å². The molecule has 6 nitrogen and oxygen atoms in total. The van der Waals surface area contributed by atoms with Gasteiger partial charge in [0.15, 0.2) is 6.61 Å². The number of rotatable bonds is 7. The molecule has 2 amide bonds. The lowest BCUT2D eigenvalue weighted by Gasteiger charge is -2.10. The Morgan fingerprint density at radius 2 is 1.48 bits per heavy atom. The molecule has 0 saturated heterocycles. The molecule has 6 heteroatoms. The molecule has 29 heavy (non-hydrogen) atoms. The van der Waals surface area contributed by atoms with Crippen LogP contribution in [0.25, 0.3) is 0 Å². The van der Waals surface area contributed by atoms with Gasteiger partial charge >= 0.3 is 0 Å². The maximum atomic E-state index is 12.0. The van der Waals surface area contributed by atoms with Gasteiger partial charge < -0.3 is 9.47 Å². The summed E-state index contributed by atoms with van der Waals surface area (Å²) < 4.78 is 11.1. The number of ether oxygens (including phenoxy) is 2. The fourth-order valence-corrected chi connectivity index (χ4v) is 2.54. The topological polar surface area (TPSA) is 76.7 Å². The molecule has 0 fully saturated rings. The van der Waals surface area contributed by atoms with Crippen LogP contribution in [0.1, 0.15) is 21.5 Å². The molecule has 0 atom stereocenters. The molecule has 0 aliphatic carbocycles. The average Bonchev–Trinajstić information content (AvgIpc) is 2.76. The second kappa shape index (κ2) is 9.94. The van der Waals surface area contributed by atoms with Crippen molar-refractivity contribution in [2.75, 3.05) is 6.61 Å². The summed E-state index contributed by atoms with van der Waals surface area (Å²) >= 11 is 0. The summed E-state index contributed by atoms with van der Waals surface area (Å²) in [6, 6.07) is 23.9. The van der Waals surface area contributed by atoms with Crippen LogP contribution in [-0.4, -0.2) is 18.4 Å². The summed E-state index contributed by atoms with van der Waals surface area (Å²) in [5.41, 5.74) is 7.21. The number of nitrogens with one attached hydrogen (secondary N) is 2. The molecule has 0 radical (unpaired) electrons. The third-order valence-corrected chi connectivity index (χ3v) is 4.04. The molecule has 0 aliphatic rings. The molecule has 3 rings (SSSR count). The van der Waals surface area contributed by atoms with E-state index in [2.05, 4.69) is 10.9 Å². The van der Waals surface area contributed by atoms with Crippen molar-refractivity contribution in [1.29, 1.82) is 0 Å². The quantitative estimate of drug-likeness (QED) is 0.606. The smallest absolute Gasteiger partial charge is 0.276 e. The Morgan fingerprint density at radius 1 is 0.793 bits per heavy atom. The van der Waals surface area contributed by atoms with Gasteiger partial charge in [-0.25, -0.2) is 0 Å². The summed E-state index contributed by atoms with van der Waals surface area (Å²) in [6.45, 7) is 2.14. The Hall–Kier alpha value is -3.80. The Morgan fingerprint density at radius 3 is 2.17 bits per heavy atom. The molecule has 0 bridgehead atoms. The molecule has 2 N–H and O–H groups in total. The predicted octanol–water partition coefficient (Wildman–Crippen LogP) is 3.41. The van der Waals surface area contributed by atoms with E-state index in [0.717, 1.165) is 11.1 Å². The van der Waals surface area contributed by atoms with Crippen molar-refractivity contribution in [3.05, 3.63) is 95.6 Å². The highest BCUT2D eigenvalue weighted by Gasteiger charge is 2.08. The minimum absolute atomic E-state index is 0.224. The molecular weight excluding hydrogens is 368 g/mol. The number of hydrogen-bond acceptors (Lipinski definition) is 4. The highest BCUT2D eigenvalue weighted by molar-refractivity contribution is 5.95. The van der Waals surface area contributed by atoms with Gasteiger partial charge in [0.2, 0.25) is 0 Å². The lowest BCUT2D eigenvalue weighted by molar-refractivity contribution is -0.123. The Kier molecular flexibility index (Phi) is 6.84. The fraction of sp³-hybridized carbons (Fsp3) is 0.130. The molecule has 0 heterocycles. The molecule has 3 aromatic rings. The summed E-state index contributed by atoms with van der Waals surface area (Å²) in [6.07, 6.45) is 0. The fourth-order valence-electron chi connectivity index (χ4n) is 2.54. The first-order valence-electron chi connectivity index (χ1n) is 9.15. The van der Waals surface area contributed by atoms with E-state index in [9.17, 15) is 9.59 Å². The van der Waals surface area contributed by atoms with Crippen LogP contribution in [-0.2, 0) is 11.4 Å². The highest BCUT2D eigenvalue weighted by atomic mass is 16.5. The van der Waals surface area contributed by atoms with Crippen LogP contribution in [0.5, 0.6) is 11.5 Å². The molecule has 0 spiro atoms. The number of carbonyl (C=O) groups is 2. The number of aryl methyl sites for hydroxylation is 1. The van der Waals surface area contributed by atoms with Gasteiger partial charge in [-0.05, 0) is 48.9 Å². The molecule has 0 aromatic heterocycles. The lowest BCUT2D eigenvalue weighted by atomic mass is 10.1. The van der Waals surface area contributed by atoms with Gasteiger partial charge in [0.1, 0.15) is 18.1 Å². The summed E-state index contributed by atoms with van der Waals surface area (Å²) in [5, 5.41) is 0. The number of benzene rings is 3. The minimum Gasteiger partial charge on any atom is -0.489 e. The van der Waals surface area contributed by atoms with Gasteiger partial charge in [-0.3, -0.25) is 20.4 Å². The Balaban J connectivity index is 1.40. The highest BCUT2D eigenvalue weighted by Crippen LogP contribution is 2.18. The standard InChI is InChI=1S/C23H22N2O4/c1-17-6-5-9-19(14-17)23(27)25-24-22(26)16-29-21-12-10-20(11-13-21)28-15-18-7-3-2-4-8-18/h2-14H,15-16H2,1H3,(H,24,26)(H,25,27). The Bertz CT molecular complexity index is 956. The van der Waals surface area contributed by atoms with Crippen LogP contribution in [0.15, 0.2) is 78.9 Å². The van der Waals surface area contributed by atoms with Gasteiger partial charge in [-0.2, -0.15) is 0 Å². The first kappa shape index (κ1) is 19.9. The van der Waals surface area contributed by atoms with E-state index in [-0.39, 0.29) is 12.5 Å². The third-order valence-electron chi connectivity index (χ3n) is 4.04. The van der Waals surface area contributed by atoms with Crippen molar-refractivity contribution in [3.63, 3.8) is 0 Å². The SMILES string of the molecule is Cc1cccc(C(=O)NNC(=O)COc2ccc(OCc3ccccc3)cc2)c1.